The quantitative estimate of drug-likeness (QED) is 0.589. The molecule has 1 aliphatic rings. The van der Waals surface area contributed by atoms with E-state index in [1.54, 1.807) is 0 Å². The molecule has 2 nitrogen and oxygen atoms in total. The maximum atomic E-state index is 9.05. The predicted molar refractivity (Wildman–Crippen MR) is 56.4 cm³/mol. The second kappa shape index (κ2) is 2.88. The molecule has 0 amide bonds. The predicted octanol–water partition coefficient (Wildman–Crippen LogP) is 3.18. The van der Waals surface area contributed by atoms with E-state index in [4.69, 9.17) is 10.00 Å². The van der Waals surface area contributed by atoms with Crippen molar-refractivity contribution in [2.24, 2.45) is 5.41 Å². The summed E-state index contributed by atoms with van der Waals surface area (Å²) in [5.74, 6) is 0.502. The minimum atomic E-state index is -0.402. The van der Waals surface area contributed by atoms with Gasteiger partial charge < -0.3 is 4.74 Å². The van der Waals surface area contributed by atoms with Crippen LogP contribution in [0.1, 0.15) is 34.6 Å². The van der Waals surface area contributed by atoms with Crippen LogP contribution in [0.3, 0.4) is 0 Å². The van der Waals surface area contributed by atoms with Crippen molar-refractivity contribution in [1.29, 1.82) is 5.26 Å². The first-order valence-corrected chi connectivity index (χ1v) is 4.74. The Hall–Kier alpha value is -1.23. The Kier molecular flexibility index (Phi) is 2.23. The summed E-state index contributed by atoms with van der Waals surface area (Å²) in [5, 5.41) is 9.05. The highest BCUT2D eigenvalue weighted by atomic mass is 16.5. The van der Waals surface area contributed by atoms with Gasteiger partial charge in [-0.05, 0) is 24.8 Å². The summed E-state index contributed by atoms with van der Waals surface area (Å²) in [6, 6.07) is 2.18. The van der Waals surface area contributed by atoms with Crippen LogP contribution in [0, 0.1) is 16.7 Å². The van der Waals surface area contributed by atoms with Crippen LogP contribution in [0.15, 0.2) is 23.5 Å². The van der Waals surface area contributed by atoms with Gasteiger partial charge in [-0.15, -0.1) is 0 Å². The molecule has 1 heterocycles. The van der Waals surface area contributed by atoms with Crippen LogP contribution in [-0.2, 0) is 4.74 Å². The second-order valence-electron chi connectivity index (χ2n) is 5.15. The molecule has 1 aliphatic heterocycles. The topological polar surface area (TPSA) is 33.0 Å². The first-order chi connectivity index (χ1) is 6.20. The number of nitriles is 1. The maximum absolute atomic E-state index is 9.05. The van der Waals surface area contributed by atoms with E-state index < -0.39 is 5.60 Å². The zero-order valence-corrected chi connectivity index (χ0v) is 9.56. The van der Waals surface area contributed by atoms with E-state index >= 15 is 0 Å². The first kappa shape index (κ1) is 10.8. The third-order valence-electron chi connectivity index (χ3n) is 2.37. The van der Waals surface area contributed by atoms with Crippen molar-refractivity contribution in [2.45, 2.75) is 40.2 Å². The lowest BCUT2D eigenvalue weighted by molar-refractivity contribution is 0.0800. The molecule has 0 N–H and O–H groups in total. The molecule has 0 unspecified atom stereocenters. The highest BCUT2D eigenvalue weighted by Crippen LogP contribution is 2.46. The Morgan fingerprint density at radius 1 is 1.36 bits per heavy atom. The number of hydrogen-bond donors (Lipinski definition) is 0. The molecule has 0 spiro atoms. The zero-order chi connectivity index (χ0) is 11.1. The average Bonchev–Trinajstić information content (AvgIpc) is 2.17. The van der Waals surface area contributed by atoms with Gasteiger partial charge in [-0.25, -0.2) is 0 Å². The molecule has 0 bridgehead atoms. The monoisotopic (exact) mass is 191 g/mol. The zero-order valence-electron chi connectivity index (χ0n) is 9.56. The van der Waals surface area contributed by atoms with E-state index in [1.807, 2.05) is 13.8 Å². The van der Waals surface area contributed by atoms with E-state index in [1.165, 1.54) is 0 Å². The lowest BCUT2D eigenvalue weighted by atomic mass is 9.76. The Labute approximate surface area is 85.9 Å². The van der Waals surface area contributed by atoms with E-state index in [0.717, 1.165) is 5.57 Å². The van der Waals surface area contributed by atoms with Gasteiger partial charge in [-0.2, -0.15) is 5.26 Å². The number of hydrogen-bond acceptors (Lipinski definition) is 2. The number of allylic oxidation sites excluding steroid dienone is 1. The first-order valence-electron chi connectivity index (χ1n) is 4.74. The summed E-state index contributed by atoms with van der Waals surface area (Å²) in [5.41, 5.74) is 1.19. The van der Waals surface area contributed by atoms with Crippen molar-refractivity contribution in [3.63, 3.8) is 0 Å². The van der Waals surface area contributed by atoms with Crippen LogP contribution >= 0.6 is 0 Å². The fourth-order valence-corrected chi connectivity index (χ4v) is 2.25. The van der Waals surface area contributed by atoms with Crippen molar-refractivity contribution in [1.82, 2.24) is 0 Å². The molecule has 0 saturated heterocycles. The Morgan fingerprint density at radius 3 is 2.14 bits per heavy atom. The lowest BCUT2D eigenvalue weighted by Gasteiger charge is -2.31. The molecular formula is C12H17NO. The SMILES string of the molecule is C=C1OC(C)(C)C(C(C)(C)C)=C1C#N. The van der Waals surface area contributed by atoms with Crippen molar-refractivity contribution in [3.8, 4) is 6.07 Å². The third kappa shape index (κ3) is 1.55. The molecule has 0 aromatic heterocycles. The molecule has 14 heavy (non-hydrogen) atoms. The summed E-state index contributed by atoms with van der Waals surface area (Å²) in [4.78, 5) is 0. The largest absolute Gasteiger partial charge is 0.483 e. The molecular weight excluding hydrogens is 174 g/mol. The Morgan fingerprint density at radius 2 is 1.86 bits per heavy atom. The van der Waals surface area contributed by atoms with Crippen LogP contribution in [0.25, 0.3) is 0 Å². The summed E-state index contributed by atoms with van der Waals surface area (Å²) in [7, 11) is 0. The van der Waals surface area contributed by atoms with Gasteiger partial charge in [-0.1, -0.05) is 27.4 Å². The molecule has 0 aliphatic carbocycles. The molecule has 76 valence electrons. The van der Waals surface area contributed by atoms with Gasteiger partial charge in [-0.3, -0.25) is 0 Å². The molecule has 0 aromatic rings. The van der Waals surface area contributed by atoms with Gasteiger partial charge >= 0.3 is 0 Å². The summed E-state index contributed by atoms with van der Waals surface area (Å²) >= 11 is 0. The smallest absolute Gasteiger partial charge is 0.131 e. The number of nitrogens with zero attached hydrogens (tertiary/aromatic N) is 1. The molecule has 2 heteroatoms. The van der Waals surface area contributed by atoms with Gasteiger partial charge in [0.15, 0.2) is 0 Å². The van der Waals surface area contributed by atoms with E-state index in [-0.39, 0.29) is 5.41 Å². The Bertz CT molecular complexity index is 347. The van der Waals surface area contributed by atoms with Crippen LogP contribution < -0.4 is 0 Å². The number of ether oxygens (including phenoxy) is 1. The van der Waals surface area contributed by atoms with Gasteiger partial charge in [0.2, 0.25) is 0 Å². The molecule has 0 saturated carbocycles. The standard InChI is InChI=1S/C12H17NO/c1-8-9(7-13)10(11(2,3)4)12(5,6)14-8/h1H2,2-6H3. The third-order valence-corrected chi connectivity index (χ3v) is 2.37. The van der Waals surface area contributed by atoms with Crippen LogP contribution in [0.5, 0.6) is 0 Å². The highest BCUT2D eigenvalue weighted by Gasteiger charge is 2.42. The fourth-order valence-electron chi connectivity index (χ4n) is 2.25. The molecule has 0 atom stereocenters. The minimum Gasteiger partial charge on any atom is -0.483 e. The van der Waals surface area contributed by atoms with Crippen molar-refractivity contribution in [2.75, 3.05) is 0 Å². The van der Waals surface area contributed by atoms with Crippen molar-refractivity contribution < 1.29 is 4.74 Å². The van der Waals surface area contributed by atoms with E-state index in [2.05, 4.69) is 33.4 Å². The fraction of sp³-hybridized carbons (Fsp3) is 0.583. The van der Waals surface area contributed by atoms with E-state index in [0.29, 0.717) is 11.3 Å². The summed E-state index contributed by atoms with van der Waals surface area (Å²) < 4.78 is 5.60. The molecule has 0 aromatic carbocycles. The lowest BCUT2D eigenvalue weighted by Crippen LogP contribution is -2.29. The van der Waals surface area contributed by atoms with Gasteiger partial charge in [0.25, 0.3) is 0 Å². The highest BCUT2D eigenvalue weighted by molar-refractivity contribution is 5.50. The van der Waals surface area contributed by atoms with Crippen molar-refractivity contribution in [3.05, 3.63) is 23.5 Å². The van der Waals surface area contributed by atoms with E-state index in [9.17, 15) is 0 Å². The van der Waals surface area contributed by atoms with Crippen LogP contribution in [-0.4, -0.2) is 5.60 Å². The van der Waals surface area contributed by atoms with Gasteiger partial charge in [0, 0.05) is 0 Å². The summed E-state index contributed by atoms with van der Waals surface area (Å²) in [6.45, 7) is 14.0. The van der Waals surface area contributed by atoms with Gasteiger partial charge in [0.05, 0.1) is 5.57 Å². The second-order valence-corrected chi connectivity index (χ2v) is 5.15. The van der Waals surface area contributed by atoms with Crippen LogP contribution in [0.4, 0.5) is 0 Å². The van der Waals surface area contributed by atoms with Crippen molar-refractivity contribution >= 4 is 0 Å². The summed E-state index contributed by atoms with van der Waals surface area (Å²) in [6.07, 6.45) is 0. The average molecular weight is 191 g/mol. The Balaban J connectivity index is 3.39. The molecule has 1 rings (SSSR count). The van der Waals surface area contributed by atoms with Crippen LogP contribution in [0.2, 0.25) is 0 Å². The molecule has 0 fully saturated rings. The normalized spacial score (nSPS) is 20.7. The van der Waals surface area contributed by atoms with Gasteiger partial charge in [0.1, 0.15) is 17.4 Å². The number of rotatable bonds is 0. The maximum Gasteiger partial charge on any atom is 0.131 e. The minimum absolute atomic E-state index is 0.0615. The molecule has 0 radical (unpaired) electrons.